The van der Waals surface area contributed by atoms with Gasteiger partial charge in [0, 0.05) is 0 Å². The van der Waals surface area contributed by atoms with E-state index in [1.807, 2.05) is 53.7 Å². The summed E-state index contributed by atoms with van der Waals surface area (Å²) in [5, 5.41) is 7.45. The lowest BCUT2D eigenvalue weighted by Crippen LogP contribution is -1.96. The van der Waals surface area contributed by atoms with Gasteiger partial charge in [0.1, 0.15) is 0 Å². The van der Waals surface area contributed by atoms with Gasteiger partial charge in [-0.05, 0) is 97.6 Å². The standard InChI is InChI=1S/C36H28.C5H12.C4H10.C3H8.3C2H6/c1-5-31-32(6-2)36(30-18-16-26-20-24(4)12-14-28(26)22-30)34-10-8-7-9-33(34)35(31)29-17-15-25-19-23(3)11-13-27(25)21-29;1-4-5(2)3;1-3-4-2;1-3-2;3*1-2/h5-22H,1-2H2,3-4H3;5H,4H2,1-3H3;3-4H2,1-2H3;3H2,1-2H3;3*1-2H3. The third-order valence-electron chi connectivity index (χ3n) is 8.59. The van der Waals surface area contributed by atoms with E-state index in [4.69, 9.17) is 0 Å². The largest absolute Gasteiger partial charge is 0.0984 e. The molecular weight excluding hydrogens is 649 g/mol. The molecule has 6 aromatic rings. The highest BCUT2D eigenvalue weighted by Crippen LogP contribution is 2.44. The van der Waals surface area contributed by atoms with Crippen LogP contribution in [0.15, 0.2) is 110 Å². The van der Waals surface area contributed by atoms with E-state index in [0.29, 0.717) is 0 Å². The molecule has 54 heavy (non-hydrogen) atoms. The fraction of sp³-hybridized carbons (Fsp3) is 0.370. The first-order chi connectivity index (χ1) is 26.2. The average Bonchev–Trinajstić information content (AvgIpc) is 3.22. The molecule has 6 rings (SSSR count). The first kappa shape index (κ1) is 49.6. The molecule has 0 radical (unpaired) electrons. The van der Waals surface area contributed by atoms with Crippen molar-refractivity contribution in [1.82, 2.24) is 0 Å². The van der Waals surface area contributed by atoms with Gasteiger partial charge >= 0.3 is 0 Å². The molecule has 0 fully saturated rings. The van der Waals surface area contributed by atoms with Crippen LogP contribution in [-0.2, 0) is 0 Å². The van der Waals surface area contributed by atoms with Gasteiger partial charge in [-0.2, -0.15) is 0 Å². The van der Waals surface area contributed by atoms with Crippen molar-refractivity contribution in [2.24, 2.45) is 5.92 Å². The first-order valence-electron chi connectivity index (χ1n) is 21.0. The van der Waals surface area contributed by atoms with Crippen LogP contribution in [0.5, 0.6) is 0 Å². The number of fused-ring (bicyclic) bond motifs is 3. The fourth-order valence-corrected chi connectivity index (χ4v) is 5.57. The Bertz CT molecular complexity index is 1810. The zero-order valence-electron chi connectivity index (χ0n) is 37.2. The summed E-state index contributed by atoms with van der Waals surface area (Å²) in [6.45, 7) is 40.0. The Morgan fingerprint density at radius 2 is 0.778 bits per heavy atom. The first-order valence-corrected chi connectivity index (χ1v) is 21.0. The summed E-state index contributed by atoms with van der Waals surface area (Å²) in [5.41, 5.74) is 9.59. The smallest absolute Gasteiger partial charge is 0.00264 e. The van der Waals surface area contributed by atoms with E-state index in [0.717, 1.165) is 17.0 Å². The maximum atomic E-state index is 4.25. The lowest BCUT2D eigenvalue weighted by Gasteiger charge is -2.20. The van der Waals surface area contributed by atoms with Crippen LogP contribution >= 0.6 is 0 Å². The predicted octanol–water partition coefficient (Wildman–Crippen LogP) is 18.7. The molecule has 0 N–H and O–H groups in total. The second-order valence-corrected chi connectivity index (χ2v) is 13.2. The predicted molar refractivity (Wildman–Crippen MR) is 255 cm³/mol. The SMILES string of the molecule is C=Cc1c(C=C)c(-c2ccc3cc(C)ccc3c2)c2ccccc2c1-c1ccc2cc(C)ccc2c1.CC.CC.CC.CCC.CCC(C)C.CCCC. The molecule has 0 unspecified atom stereocenters. The number of aryl methyl sites for hydroxylation is 2. The second-order valence-electron chi connectivity index (χ2n) is 13.2. The van der Waals surface area contributed by atoms with E-state index < -0.39 is 0 Å². The van der Waals surface area contributed by atoms with Crippen molar-refractivity contribution in [2.75, 3.05) is 0 Å². The molecular formula is C54H76. The molecule has 0 saturated carbocycles. The van der Waals surface area contributed by atoms with Crippen molar-refractivity contribution >= 4 is 44.5 Å². The average molecular weight is 725 g/mol. The van der Waals surface area contributed by atoms with Crippen LogP contribution < -0.4 is 0 Å². The van der Waals surface area contributed by atoms with E-state index >= 15 is 0 Å². The Balaban J connectivity index is 0.00000133. The molecule has 292 valence electrons. The molecule has 0 aliphatic carbocycles. The summed E-state index contributed by atoms with van der Waals surface area (Å²) in [6.07, 6.45) is 9.18. The zero-order chi connectivity index (χ0) is 41.2. The van der Waals surface area contributed by atoms with Crippen LogP contribution in [-0.4, -0.2) is 0 Å². The third-order valence-corrected chi connectivity index (χ3v) is 8.59. The van der Waals surface area contributed by atoms with E-state index in [1.54, 1.807) is 0 Å². The zero-order valence-corrected chi connectivity index (χ0v) is 37.2. The van der Waals surface area contributed by atoms with Crippen molar-refractivity contribution < 1.29 is 0 Å². The van der Waals surface area contributed by atoms with E-state index in [9.17, 15) is 0 Å². The van der Waals surface area contributed by atoms with E-state index in [1.165, 1.54) is 91.4 Å². The van der Waals surface area contributed by atoms with Gasteiger partial charge < -0.3 is 0 Å². The Hall–Kier alpha value is -4.42. The van der Waals surface area contributed by atoms with Gasteiger partial charge in [-0.3, -0.25) is 0 Å². The summed E-state index contributed by atoms with van der Waals surface area (Å²) < 4.78 is 0. The van der Waals surface area contributed by atoms with E-state index in [-0.39, 0.29) is 0 Å². The monoisotopic (exact) mass is 725 g/mol. The van der Waals surface area contributed by atoms with Gasteiger partial charge in [0.05, 0.1) is 0 Å². The van der Waals surface area contributed by atoms with Gasteiger partial charge in [0.25, 0.3) is 0 Å². The highest BCUT2D eigenvalue weighted by Gasteiger charge is 2.19. The second kappa shape index (κ2) is 28.1. The number of benzene rings is 6. The summed E-state index contributed by atoms with van der Waals surface area (Å²) in [6, 6.07) is 35.5. The lowest BCUT2D eigenvalue weighted by molar-refractivity contribution is 0.626. The van der Waals surface area contributed by atoms with Crippen LogP contribution in [0, 0.1) is 19.8 Å². The minimum atomic E-state index is 0.884. The van der Waals surface area contributed by atoms with Gasteiger partial charge in [-0.15, -0.1) is 0 Å². The van der Waals surface area contributed by atoms with Crippen molar-refractivity contribution in [1.29, 1.82) is 0 Å². The quantitative estimate of drug-likeness (QED) is 0.160. The van der Waals surface area contributed by atoms with Crippen molar-refractivity contribution in [3.05, 3.63) is 132 Å². The third kappa shape index (κ3) is 14.1. The minimum Gasteiger partial charge on any atom is -0.0984 e. The molecule has 0 spiro atoms. The molecule has 0 amide bonds. The molecule has 0 heterocycles. The normalized spacial score (nSPS) is 9.63. The van der Waals surface area contributed by atoms with Gasteiger partial charge in [0.15, 0.2) is 0 Å². The Morgan fingerprint density at radius 1 is 0.481 bits per heavy atom. The number of rotatable bonds is 6. The molecule has 6 aromatic carbocycles. The highest BCUT2D eigenvalue weighted by atomic mass is 14.2. The van der Waals surface area contributed by atoms with Gasteiger partial charge in [-0.25, -0.2) is 0 Å². The van der Waals surface area contributed by atoms with Crippen LogP contribution in [0.3, 0.4) is 0 Å². The number of hydrogen-bond donors (Lipinski definition) is 0. The molecule has 0 aromatic heterocycles. The highest BCUT2D eigenvalue weighted by molar-refractivity contribution is 6.12. The summed E-state index contributed by atoms with van der Waals surface area (Å²) in [4.78, 5) is 0. The number of hydrogen-bond acceptors (Lipinski definition) is 0. The molecule has 0 heteroatoms. The van der Waals surface area contributed by atoms with Crippen molar-refractivity contribution in [3.63, 3.8) is 0 Å². The van der Waals surface area contributed by atoms with Crippen LogP contribution in [0.1, 0.15) is 138 Å². The summed E-state index contributed by atoms with van der Waals surface area (Å²) in [5.74, 6) is 0.884. The molecule has 0 bridgehead atoms. The Kier molecular flexibility index (Phi) is 25.8. The molecule has 0 atom stereocenters. The van der Waals surface area contributed by atoms with E-state index in [2.05, 4.69) is 173 Å². The fourth-order valence-electron chi connectivity index (χ4n) is 5.57. The van der Waals surface area contributed by atoms with Crippen LogP contribution in [0.2, 0.25) is 0 Å². The van der Waals surface area contributed by atoms with Crippen LogP contribution in [0.25, 0.3) is 66.7 Å². The Morgan fingerprint density at radius 3 is 1.06 bits per heavy atom. The summed E-state index contributed by atoms with van der Waals surface area (Å²) in [7, 11) is 0. The van der Waals surface area contributed by atoms with Crippen molar-refractivity contribution in [2.45, 2.75) is 130 Å². The van der Waals surface area contributed by atoms with Gasteiger partial charge in [0.2, 0.25) is 0 Å². The topological polar surface area (TPSA) is 0 Å². The molecule has 0 aliphatic heterocycles. The van der Waals surface area contributed by atoms with Crippen LogP contribution in [0.4, 0.5) is 0 Å². The summed E-state index contributed by atoms with van der Waals surface area (Å²) >= 11 is 0. The maximum absolute atomic E-state index is 4.25. The maximum Gasteiger partial charge on any atom is -0.00264 e. The Labute approximate surface area is 333 Å². The molecule has 0 nitrogen and oxygen atoms in total. The lowest BCUT2D eigenvalue weighted by atomic mass is 9.83. The molecule has 0 saturated heterocycles. The van der Waals surface area contributed by atoms with Crippen molar-refractivity contribution in [3.8, 4) is 22.3 Å². The number of unbranched alkanes of at least 4 members (excludes halogenated alkanes) is 1. The van der Waals surface area contributed by atoms with Gasteiger partial charge in [-0.1, -0.05) is 237 Å². The minimum absolute atomic E-state index is 0.884. The molecule has 0 aliphatic rings.